The van der Waals surface area contributed by atoms with E-state index >= 15 is 0 Å². The highest BCUT2D eigenvalue weighted by atomic mass is 35.5. The average Bonchev–Trinajstić information content (AvgIpc) is 2.46. The lowest BCUT2D eigenvalue weighted by molar-refractivity contribution is 0.384. The summed E-state index contributed by atoms with van der Waals surface area (Å²) in [6.07, 6.45) is 3.11. The molecule has 1 unspecified atom stereocenters. The number of hydrogen-bond acceptors (Lipinski definition) is 5. The summed E-state index contributed by atoms with van der Waals surface area (Å²) in [7, 11) is 3.10. The van der Waals surface area contributed by atoms with Crippen LogP contribution in [0.5, 0.6) is 11.6 Å². The van der Waals surface area contributed by atoms with Crippen molar-refractivity contribution in [3.8, 4) is 11.6 Å². The summed E-state index contributed by atoms with van der Waals surface area (Å²) in [4.78, 5) is 8.30. The average molecular weight is 280 g/mol. The lowest BCUT2D eigenvalue weighted by Crippen LogP contribution is -2.16. The molecule has 0 saturated carbocycles. The summed E-state index contributed by atoms with van der Waals surface area (Å²) >= 11 is 6.00. The van der Waals surface area contributed by atoms with Gasteiger partial charge >= 0.3 is 0 Å². The van der Waals surface area contributed by atoms with Gasteiger partial charge in [0.05, 0.1) is 20.3 Å². The van der Waals surface area contributed by atoms with E-state index in [1.165, 1.54) is 7.11 Å². The molecule has 0 saturated heterocycles. The first-order chi connectivity index (χ1) is 9.17. The highest BCUT2D eigenvalue weighted by Crippen LogP contribution is 2.32. The fourth-order valence-electron chi connectivity index (χ4n) is 1.80. The third-order valence-corrected chi connectivity index (χ3v) is 2.94. The van der Waals surface area contributed by atoms with Gasteiger partial charge in [0, 0.05) is 23.0 Å². The summed E-state index contributed by atoms with van der Waals surface area (Å²) in [6, 6.07) is 4.72. The zero-order valence-corrected chi connectivity index (χ0v) is 11.4. The number of methoxy groups -OCH3 is 2. The molecule has 0 fully saturated rings. The fourth-order valence-corrected chi connectivity index (χ4v) is 1.98. The van der Waals surface area contributed by atoms with E-state index < -0.39 is 6.04 Å². The molecule has 2 aromatic rings. The van der Waals surface area contributed by atoms with E-state index in [1.807, 2.05) is 0 Å². The predicted molar refractivity (Wildman–Crippen MR) is 72.6 cm³/mol. The molecule has 0 aliphatic rings. The van der Waals surface area contributed by atoms with Crippen LogP contribution in [0, 0.1) is 0 Å². The van der Waals surface area contributed by atoms with Crippen LogP contribution in [0.15, 0.2) is 30.6 Å². The van der Waals surface area contributed by atoms with Crippen LogP contribution in [0.2, 0.25) is 5.02 Å². The first kappa shape index (κ1) is 13.6. The number of benzene rings is 1. The minimum atomic E-state index is -0.530. The number of nitrogens with two attached hydrogens (primary N) is 1. The van der Waals surface area contributed by atoms with Crippen molar-refractivity contribution >= 4 is 11.6 Å². The largest absolute Gasteiger partial charge is 0.496 e. The van der Waals surface area contributed by atoms with Gasteiger partial charge in [-0.15, -0.1) is 0 Å². The molecule has 19 heavy (non-hydrogen) atoms. The van der Waals surface area contributed by atoms with Crippen molar-refractivity contribution < 1.29 is 9.47 Å². The first-order valence-corrected chi connectivity index (χ1v) is 5.99. The fraction of sp³-hybridized carbons (Fsp3) is 0.231. The topological polar surface area (TPSA) is 70.3 Å². The Hall–Kier alpha value is -1.85. The molecule has 0 aliphatic carbocycles. The van der Waals surface area contributed by atoms with Crippen molar-refractivity contribution in [2.24, 2.45) is 5.73 Å². The van der Waals surface area contributed by atoms with Crippen molar-refractivity contribution in [1.29, 1.82) is 0 Å². The number of rotatable bonds is 4. The zero-order valence-electron chi connectivity index (χ0n) is 10.6. The SMILES string of the molecule is COc1ccc(Cl)cc1C(N)c1nccnc1OC. The van der Waals surface area contributed by atoms with Crippen LogP contribution in [0.4, 0.5) is 0 Å². The summed E-state index contributed by atoms with van der Waals surface area (Å²) in [6.45, 7) is 0. The molecule has 5 nitrogen and oxygen atoms in total. The van der Waals surface area contributed by atoms with Gasteiger partial charge in [0.15, 0.2) is 0 Å². The maximum atomic E-state index is 6.22. The van der Waals surface area contributed by atoms with Crippen LogP contribution in [-0.2, 0) is 0 Å². The highest BCUT2D eigenvalue weighted by Gasteiger charge is 2.20. The highest BCUT2D eigenvalue weighted by molar-refractivity contribution is 6.30. The van der Waals surface area contributed by atoms with Gasteiger partial charge in [0.2, 0.25) is 5.88 Å². The normalized spacial score (nSPS) is 12.0. The summed E-state index contributed by atoms with van der Waals surface area (Å²) in [5.74, 6) is 1.03. The van der Waals surface area contributed by atoms with Crippen LogP contribution in [0.25, 0.3) is 0 Å². The number of nitrogens with zero attached hydrogens (tertiary/aromatic N) is 2. The Morgan fingerprint density at radius 1 is 1.16 bits per heavy atom. The van der Waals surface area contributed by atoms with Gasteiger partial charge in [-0.05, 0) is 18.2 Å². The quantitative estimate of drug-likeness (QED) is 0.929. The molecular weight excluding hydrogens is 266 g/mol. The molecule has 0 amide bonds. The van der Waals surface area contributed by atoms with E-state index in [9.17, 15) is 0 Å². The third-order valence-electron chi connectivity index (χ3n) is 2.71. The van der Waals surface area contributed by atoms with E-state index in [2.05, 4.69) is 9.97 Å². The maximum Gasteiger partial charge on any atom is 0.237 e. The van der Waals surface area contributed by atoms with Crippen molar-refractivity contribution in [3.05, 3.63) is 46.9 Å². The van der Waals surface area contributed by atoms with Crippen LogP contribution in [0.3, 0.4) is 0 Å². The van der Waals surface area contributed by atoms with E-state index in [1.54, 1.807) is 37.7 Å². The summed E-state index contributed by atoms with van der Waals surface area (Å²) < 4.78 is 10.5. The number of hydrogen-bond donors (Lipinski definition) is 1. The molecule has 1 aromatic carbocycles. The molecule has 1 atom stereocenters. The number of halogens is 1. The molecule has 100 valence electrons. The molecular formula is C13H14ClN3O2. The molecule has 6 heteroatoms. The van der Waals surface area contributed by atoms with E-state index in [4.69, 9.17) is 26.8 Å². The van der Waals surface area contributed by atoms with Gasteiger partial charge in [-0.3, -0.25) is 4.98 Å². The van der Waals surface area contributed by atoms with E-state index in [-0.39, 0.29) is 0 Å². The molecule has 1 aromatic heterocycles. The minimum absolute atomic E-state index is 0.386. The summed E-state index contributed by atoms with van der Waals surface area (Å²) in [5.41, 5.74) is 7.48. The molecule has 2 N–H and O–H groups in total. The Morgan fingerprint density at radius 2 is 1.89 bits per heavy atom. The van der Waals surface area contributed by atoms with E-state index in [0.717, 1.165) is 5.56 Å². The molecule has 0 aliphatic heterocycles. The lowest BCUT2D eigenvalue weighted by Gasteiger charge is -2.17. The Labute approximate surface area is 116 Å². The second kappa shape index (κ2) is 5.86. The third kappa shape index (κ3) is 2.77. The van der Waals surface area contributed by atoms with Crippen molar-refractivity contribution in [3.63, 3.8) is 0 Å². The van der Waals surface area contributed by atoms with Gasteiger partial charge in [-0.1, -0.05) is 11.6 Å². The summed E-state index contributed by atoms with van der Waals surface area (Å²) in [5, 5.41) is 0.578. The van der Waals surface area contributed by atoms with Crippen LogP contribution in [0.1, 0.15) is 17.3 Å². The van der Waals surface area contributed by atoms with Gasteiger partial charge in [0.25, 0.3) is 0 Å². The van der Waals surface area contributed by atoms with Gasteiger partial charge in [0.1, 0.15) is 11.4 Å². The monoisotopic (exact) mass is 279 g/mol. The molecule has 0 spiro atoms. The predicted octanol–water partition coefficient (Wildman–Crippen LogP) is 2.20. The molecule has 0 radical (unpaired) electrons. The second-order valence-corrected chi connectivity index (χ2v) is 4.25. The number of ether oxygens (including phenoxy) is 2. The van der Waals surface area contributed by atoms with Gasteiger partial charge < -0.3 is 15.2 Å². The van der Waals surface area contributed by atoms with Crippen molar-refractivity contribution in [2.45, 2.75) is 6.04 Å². The van der Waals surface area contributed by atoms with Crippen molar-refractivity contribution in [1.82, 2.24) is 9.97 Å². The Bertz CT molecular complexity index is 578. The van der Waals surface area contributed by atoms with Crippen LogP contribution < -0.4 is 15.2 Å². The van der Waals surface area contributed by atoms with Crippen molar-refractivity contribution in [2.75, 3.05) is 14.2 Å². The molecule has 2 rings (SSSR count). The smallest absolute Gasteiger partial charge is 0.237 e. The second-order valence-electron chi connectivity index (χ2n) is 3.81. The first-order valence-electron chi connectivity index (χ1n) is 5.61. The Balaban J connectivity index is 2.49. The van der Waals surface area contributed by atoms with Crippen LogP contribution >= 0.6 is 11.6 Å². The van der Waals surface area contributed by atoms with E-state index in [0.29, 0.717) is 22.3 Å². The molecule has 0 bridgehead atoms. The number of aromatic nitrogens is 2. The minimum Gasteiger partial charge on any atom is -0.496 e. The zero-order chi connectivity index (χ0) is 13.8. The van der Waals surface area contributed by atoms with Gasteiger partial charge in [-0.2, -0.15) is 0 Å². The molecule has 1 heterocycles. The Kier molecular flexibility index (Phi) is 4.19. The van der Waals surface area contributed by atoms with Crippen LogP contribution in [-0.4, -0.2) is 24.2 Å². The maximum absolute atomic E-state index is 6.22. The van der Waals surface area contributed by atoms with Gasteiger partial charge in [-0.25, -0.2) is 4.98 Å². The lowest BCUT2D eigenvalue weighted by atomic mass is 10.0. The standard InChI is InChI=1S/C13H14ClN3O2/c1-18-10-4-3-8(14)7-9(10)11(15)12-13(19-2)17-6-5-16-12/h3-7,11H,15H2,1-2H3. The Morgan fingerprint density at radius 3 is 2.58 bits per heavy atom.